The number of carbonyl (C=O) groups excluding carboxylic acids is 2. The van der Waals surface area contributed by atoms with Gasteiger partial charge in [-0.3, -0.25) is 9.59 Å². The average Bonchev–Trinajstić information content (AvgIpc) is 1.87. The van der Waals surface area contributed by atoms with Crippen molar-refractivity contribution in [3.05, 3.63) is 6.67 Å². The lowest BCUT2D eigenvalue weighted by Gasteiger charge is -2.02. The topological polar surface area (TPSA) is 70.2 Å². The first-order valence-corrected chi connectivity index (χ1v) is 3.19. The zero-order chi connectivity index (χ0) is 8.69. The molecule has 3 N–H and O–H groups in total. The lowest BCUT2D eigenvalue weighted by Crippen LogP contribution is -2.35. The molecule has 0 aliphatic heterocycles. The number of hydrogen-bond acceptors (Lipinski definition) is 3. The molecule has 63 valence electrons. The van der Waals surface area contributed by atoms with E-state index in [1.807, 2.05) is 0 Å². The molecule has 0 aromatic carbocycles. The summed E-state index contributed by atoms with van der Waals surface area (Å²) in [4.78, 5) is 20.9. The number of nitrogens with one attached hydrogen (secondary N) is 3. The van der Waals surface area contributed by atoms with Gasteiger partial charge in [0.05, 0.1) is 6.54 Å². The third kappa shape index (κ3) is 6.79. The van der Waals surface area contributed by atoms with Crippen molar-refractivity contribution < 1.29 is 9.59 Å². The summed E-state index contributed by atoms with van der Waals surface area (Å²) in [6.45, 7) is 2.80. The summed E-state index contributed by atoms with van der Waals surface area (Å²) in [7, 11) is 1.66. The van der Waals surface area contributed by atoms with Gasteiger partial charge in [0.25, 0.3) is 0 Å². The van der Waals surface area contributed by atoms with E-state index in [0.29, 0.717) is 0 Å². The maximum Gasteiger partial charge on any atom is 0.235 e. The molecule has 2 amide bonds. The van der Waals surface area contributed by atoms with E-state index in [1.54, 1.807) is 7.05 Å². The third-order valence-electron chi connectivity index (χ3n) is 0.846. The van der Waals surface area contributed by atoms with Crippen LogP contribution in [0.25, 0.3) is 0 Å². The first-order valence-electron chi connectivity index (χ1n) is 3.19. The van der Waals surface area contributed by atoms with Crippen molar-refractivity contribution in [2.45, 2.75) is 6.92 Å². The Morgan fingerprint density at radius 1 is 1.36 bits per heavy atom. The minimum Gasteiger partial charge on any atom is -0.333 e. The Morgan fingerprint density at radius 2 is 2.00 bits per heavy atom. The highest BCUT2D eigenvalue weighted by Gasteiger charge is 1.97. The molecule has 0 fully saturated rings. The summed E-state index contributed by atoms with van der Waals surface area (Å²) >= 11 is 0. The second-order valence-electron chi connectivity index (χ2n) is 1.94. The molecule has 5 nitrogen and oxygen atoms in total. The van der Waals surface area contributed by atoms with Gasteiger partial charge in [-0.2, -0.15) is 0 Å². The molecule has 0 rings (SSSR count). The van der Waals surface area contributed by atoms with Crippen LogP contribution < -0.4 is 16.0 Å². The minimum atomic E-state index is -0.213. The summed E-state index contributed by atoms with van der Waals surface area (Å²) < 4.78 is 0. The van der Waals surface area contributed by atoms with Crippen molar-refractivity contribution >= 4 is 11.8 Å². The number of amides is 2. The van der Waals surface area contributed by atoms with Crippen molar-refractivity contribution in [3.63, 3.8) is 0 Å². The standard InChI is InChI=1S/C6H12N3O2/c1-5(10)8-4-9-6(11)3-7-2/h4,7H,3H2,1-2H3,(H,8,10)(H,9,11). The summed E-state index contributed by atoms with van der Waals surface area (Å²) in [6, 6.07) is 0. The van der Waals surface area contributed by atoms with Gasteiger partial charge in [0, 0.05) is 6.92 Å². The third-order valence-corrected chi connectivity index (χ3v) is 0.846. The maximum absolute atomic E-state index is 10.7. The normalized spacial score (nSPS) is 8.91. The Balaban J connectivity index is 3.24. The number of carbonyl (C=O) groups is 2. The smallest absolute Gasteiger partial charge is 0.235 e. The van der Waals surface area contributed by atoms with Crippen LogP contribution in [-0.4, -0.2) is 25.4 Å². The summed E-state index contributed by atoms with van der Waals surface area (Å²) in [5.74, 6) is -0.406. The van der Waals surface area contributed by atoms with Crippen LogP contribution in [0.5, 0.6) is 0 Å². The van der Waals surface area contributed by atoms with Crippen molar-refractivity contribution in [1.82, 2.24) is 16.0 Å². The Morgan fingerprint density at radius 3 is 2.45 bits per heavy atom. The molecule has 0 heterocycles. The van der Waals surface area contributed by atoms with Gasteiger partial charge >= 0.3 is 0 Å². The molecular formula is C6H12N3O2. The molecule has 1 radical (unpaired) electrons. The molecule has 0 spiro atoms. The van der Waals surface area contributed by atoms with E-state index in [2.05, 4.69) is 16.0 Å². The number of hydrogen-bond donors (Lipinski definition) is 3. The highest BCUT2D eigenvalue weighted by molar-refractivity contribution is 5.80. The SMILES string of the molecule is CNCC(=O)N[CH]NC(C)=O. The van der Waals surface area contributed by atoms with Gasteiger partial charge in [0.15, 0.2) is 0 Å². The minimum absolute atomic E-state index is 0.193. The van der Waals surface area contributed by atoms with Crippen LogP contribution in [0.2, 0.25) is 0 Å². The van der Waals surface area contributed by atoms with E-state index < -0.39 is 0 Å². The van der Waals surface area contributed by atoms with E-state index >= 15 is 0 Å². The van der Waals surface area contributed by atoms with Crippen molar-refractivity contribution in [3.8, 4) is 0 Å². The Bertz CT molecular complexity index is 147. The van der Waals surface area contributed by atoms with Gasteiger partial charge in [0.2, 0.25) is 11.8 Å². The first-order chi connectivity index (χ1) is 5.16. The lowest BCUT2D eigenvalue weighted by atomic mass is 10.6. The van der Waals surface area contributed by atoms with E-state index in [0.717, 1.165) is 0 Å². The molecule has 0 aliphatic rings. The highest BCUT2D eigenvalue weighted by atomic mass is 16.2. The average molecular weight is 158 g/mol. The molecule has 11 heavy (non-hydrogen) atoms. The fraction of sp³-hybridized carbons (Fsp3) is 0.500. The van der Waals surface area contributed by atoms with Crippen molar-refractivity contribution in [2.24, 2.45) is 0 Å². The van der Waals surface area contributed by atoms with Crippen molar-refractivity contribution in [2.75, 3.05) is 13.6 Å². The molecule has 0 unspecified atom stereocenters. The molecule has 5 heteroatoms. The van der Waals surface area contributed by atoms with Crippen LogP contribution >= 0.6 is 0 Å². The van der Waals surface area contributed by atoms with Gasteiger partial charge in [-0.1, -0.05) is 0 Å². The van der Waals surface area contributed by atoms with Gasteiger partial charge in [-0.25, -0.2) is 0 Å². The van der Waals surface area contributed by atoms with Gasteiger partial charge in [-0.05, 0) is 7.05 Å². The lowest BCUT2D eigenvalue weighted by molar-refractivity contribution is -0.120. The summed E-state index contributed by atoms with van der Waals surface area (Å²) in [5, 5.41) is 7.33. The fourth-order valence-electron chi connectivity index (χ4n) is 0.430. The fourth-order valence-corrected chi connectivity index (χ4v) is 0.430. The quantitative estimate of drug-likeness (QED) is 0.470. The molecule has 0 aromatic rings. The predicted molar refractivity (Wildman–Crippen MR) is 40.2 cm³/mol. The van der Waals surface area contributed by atoms with Crippen LogP contribution in [0.1, 0.15) is 6.92 Å². The Hall–Kier alpha value is -1.10. The van der Waals surface area contributed by atoms with Crippen LogP contribution in [0.4, 0.5) is 0 Å². The van der Waals surface area contributed by atoms with E-state index in [1.165, 1.54) is 13.6 Å². The maximum atomic E-state index is 10.7. The zero-order valence-corrected chi connectivity index (χ0v) is 6.60. The molecule has 0 saturated carbocycles. The monoisotopic (exact) mass is 158 g/mol. The van der Waals surface area contributed by atoms with Gasteiger partial charge in [0.1, 0.15) is 6.67 Å². The van der Waals surface area contributed by atoms with Crippen LogP contribution in [-0.2, 0) is 9.59 Å². The second kappa shape index (κ2) is 5.67. The number of rotatable bonds is 4. The molecule has 0 aromatic heterocycles. The van der Waals surface area contributed by atoms with E-state index in [-0.39, 0.29) is 18.4 Å². The van der Waals surface area contributed by atoms with Crippen LogP contribution in [0, 0.1) is 6.67 Å². The largest absolute Gasteiger partial charge is 0.333 e. The van der Waals surface area contributed by atoms with Crippen LogP contribution in [0.3, 0.4) is 0 Å². The predicted octanol–water partition coefficient (Wildman–Crippen LogP) is -1.42. The Kier molecular flexibility index (Phi) is 5.10. The highest BCUT2D eigenvalue weighted by Crippen LogP contribution is 1.65. The zero-order valence-electron chi connectivity index (χ0n) is 6.60. The number of likely N-dealkylation sites (N-methyl/N-ethyl adjacent to an activating group) is 1. The molecule has 0 bridgehead atoms. The van der Waals surface area contributed by atoms with Crippen LogP contribution in [0.15, 0.2) is 0 Å². The molecule has 0 atom stereocenters. The molecule has 0 aliphatic carbocycles. The molecule has 0 saturated heterocycles. The second-order valence-corrected chi connectivity index (χ2v) is 1.94. The summed E-state index contributed by atoms with van der Waals surface area (Å²) in [5.41, 5.74) is 0. The van der Waals surface area contributed by atoms with E-state index in [4.69, 9.17) is 0 Å². The van der Waals surface area contributed by atoms with Gasteiger partial charge < -0.3 is 16.0 Å². The first kappa shape index (κ1) is 9.90. The summed E-state index contributed by atoms with van der Waals surface area (Å²) in [6.07, 6.45) is 0. The van der Waals surface area contributed by atoms with Gasteiger partial charge in [-0.15, -0.1) is 0 Å². The van der Waals surface area contributed by atoms with E-state index in [9.17, 15) is 9.59 Å². The molecular weight excluding hydrogens is 146 g/mol. The Labute approximate surface area is 65.5 Å². The van der Waals surface area contributed by atoms with Crippen molar-refractivity contribution in [1.29, 1.82) is 0 Å².